The molecule has 0 fully saturated rings. The van der Waals surface area contributed by atoms with Crippen LogP contribution in [0, 0.1) is 28.4 Å². The number of pyridine rings is 1. The summed E-state index contributed by atoms with van der Waals surface area (Å²) in [5, 5.41) is 20.3. The number of hydrogen-bond donors (Lipinski definition) is 0. The Hall–Kier alpha value is -3.27. The molecule has 23 heavy (non-hydrogen) atoms. The van der Waals surface area contributed by atoms with E-state index in [2.05, 4.69) is 4.98 Å². The van der Waals surface area contributed by atoms with Crippen molar-refractivity contribution in [1.29, 1.82) is 5.26 Å². The van der Waals surface area contributed by atoms with Crippen molar-refractivity contribution in [3.63, 3.8) is 0 Å². The van der Waals surface area contributed by atoms with Gasteiger partial charge >= 0.3 is 5.97 Å². The van der Waals surface area contributed by atoms with Gasteiger partial charge in [0.25, 0.3) is 5.69 Å². The van der Waals surface area contributed by atoms with Gasteiger partial charge in [0.05, 0.1) is 22.8 Å². The van der Waals surface area contributed by atoms with Crippen molar-refractivity contribution in [2.45, 2.75) is 13.8 Å². The summed E-state index contributed by atoms with van der Waals surface area (Å²) in [5.74, 6) is -0.605. The molecule has 1 aromatic carbocycles. The van der Waals surface area contributed by atoms with Crippen LogP contribution in [0.1, 0.15) is 28.7 Å². The number of esters is 1. The van der Waals surface area contributed by atoms with Crippen molar-refractivity contribution in [3.05, 3.63) is 57.4 Å². The molecule has 0 aliphatic carbocycles. The quantitative estimate of drug-likeness (QED) is 0.488. The van der Waals surface area contributed by atoms with E-state index in [1.165, 1.54) is 24.3 Å². The van der Waals surface area contributed by atoms with E-state index < -0.39 is 10.9 Å². The molecule has 0 radical (unpaired) electrons. The molecule has 116 valence electrons. The van der Waals surface area contributed by atoms with Gasteiger partial charge in [-0.3, -0.25) is 10.1 Å². The summed E-state index contributed by atoms with van der Waals surface area (Å²) in [5.41, 5.74) is 1.46. The Morgan fingerprint density at radius 1 is 1.43 bits per heavy atom. The number of carbonyl (C=O) groups is 1. The summed E-state index contributed by atoms with van der Waals surface area (Å²) in [6, 6.07) is 9.31. The zero-order valence-electron chi connectivity index (χ0n) is 12.6. The maximum absolute atomic E-state index is 11.9. The molecule has 0 N–H and O–H groups in total. The first-order valence-electron chi connectivity index (χ1n) is 6.81. The molecule has 0 saturated carbocycles. The van der Waals surface area contributed by atoms with Gasteiger partial charge in [-0.25, -0.2) is 9.78 Å². The minimum absolute atomic E-state index is 0.0601. The number of hydrogen-bond acceptors (Lipinski definition) is 6. The molecule has 0 amide bonds. The highest BCUT2D eigenvalue weighted by molar-refractivity contribution is 5.90. The number of nitro groups is 1. The molecule has 0 bridgehead atoms. The van der Waals surface area contributed by atoms with Crippen molar-refractivity contribution < 1.29 is 14.5 Å². The fraction of sp³-hybridized carbons (Fsp3) is 0.188. The van der Waals surface area contributed by atoms with E-state index in [0.717, 1.165) is 0 Å². The van der Waals surface area contributed by atoms with Crippen LogP contribution in [-0.2, 0) is 4.74 Å². The summed E-state index contributed by atoms with van der Waals surface area (Å²) in [6.45, 7) is 3.48. The lowest BCUT2D eigenvalue weighted by molar-refractivity contribution is -0.384. The highest BCUT2D eigenvalue weighted by Gasteiger charge is 2.18. The first-order chi connectivity index (χ1) is 11.0. The number of aryl methyl sites for hydroxylation is 1. The zero-order chi connectivity index (χ0) is 17.0. The number of ether oxygens (including phenoxy) is 1. The SMILES string of the molecule is CCOC(=O)c1cc(-c2cccc([N+](=O)[O-])c2)c(C#N)c(C)n1. The molecule has 0 unspecified atom stereocenters. The van der Waals surface area contributed by atoms with Gasteiger partial charge in [-0.2, -0.15) is 5.26 Å². The van der Waals surface area contributed by atoms with E-state index in [9.17, 15) is 20.2 Å². The van der Waals surface area contributed by atoms with Crippen LogP contribution < -0.4 is 0 Å². The predicted octanol–water partition coefficient (Wildman–Crippen LogP) is 3.01. The summed E-state index contributed by atoms with van der Waals surface area (Å²) in [4.78, 5) is 26.4. The predicted molar refractivity (Wildman–Crippen MR) is 81.7 cm³/mol. The monoisotopic (exact) mass is 311 g/mol. The fourth-order valence-corrected chi connectivity index (χ4v) is 2.14. The Kier molecular flexibility index (Phi) is 4.66. The normalized spacial score (nSPS) is 9.96. The molecule has 2 rings (SSSR count). The summed E-state index contributed by atoms with van der Waals surface area (Å²) < 4.78 is 4.92. The van der Waals surface area contributed by atoms with Crippen LogP contribution >= 0.6 is 0 Å². The molecule has 7 nitrogen and oxygen atoms in total. The van der Waals surface area contributed by atoms with Crippen LogP contribution in [0.5, 0.6) is 0 Å². The summed E-state index contributed by atoms with van der Waals surface area (Å²) >= 11 is 0. The molecule has 2 aromatic rings. The van der Waals surface area contributed by atoms with E-state index in [0.29, 0.717) is 16.8 Å². The molecule has 0 saturated heterocycles. The highest BCUT2D eigenvalue weighted by Crippen LogP contribution is 2.28. The lowest BCUT2D eigenvalue weighted by Crippen LogP contribution is -2.09. The van der Waals surface area contributed by atoms with Gasteiger partial charge in [-0.1, -0.05) is 12.1 Å². The van der Waals surface area contributed by atoms with Crippen LogP contribution in [0.3, 0.4) is 0 Å². The first-order valence-corrected chi connectivity index (χ1v) is 6.81. The van der Waals surface area contributed by atoms with Crippen LogP contribution in [0.15, 0.2) is 30.3 Å². The smallest absolute Gasteiger partial charge is 0.356 e. The Balaban J connectivity index is 2.65. The molecular weight excluding hydrogens is 298 g/mol. The third-order valence-electron chi connectivity index (χ3n) is 3.16. The van der Waals surface area contributed by atoms with Gasteiger partial charge in [0.2, 0.25) is 0 Å². The van der Waals surface area contributed by atoms with E-state index in [-0.39, 0.29) is 23.6 Å². The molecular formula is C16H13N3O4. The number of non-ortho nitro benzene ring substituents is 1. The topological polar surface area (TPSA) is 106 Å². The Bertz CT molecular complexity index is 825. The van der Waals surface area contributed by atoms with Crippen molar-refractivity contribution >= 4 is 11.7 Å². The highest BCUT2D eigenvalue weighted by atomic mass is 16.6. The van der Waals surface area contributed by atoms with Crippen molar-refractivity contribution in [2.24, 2.45) is 0 Å². The van der Waals surface area contributed by atoms with Gasteiger partial charge < -0.3 is 4.74 Å². The lowest BCUT2D eigenvalue weighted by atomic mass is 9.98. The Morgan fingerprint density at radius 3 is 2.78 bits per heavy atom. The Labute approximate surface area is 132 Å². The minimum Gasteiger partial charge on any atom is -0.461 e. The van der Waals surface area contributed by atoms with Crippen molar-refractivity contribution in [3.8, 4) is 17.2 Å². The molecule has 0 atom stereocenters. The van der Waals surface area contributed by atoms with Crippen molar-refractivity contribution in [2.75, 3.05) is 6.61 Å². The van der Waals surface area contributed by atoms with Gasteiger partial charge in [0, 0.05) is 17.7 Å². The second kappa shape index (κ2) is 6.66. The number of benzene rings is 1. The van der Waals surface area contributed by atoms with Gasteiger partial charge in [0.1, 0.15) is 11.8 Å². The number of aromatic nitrogens is 1. The molecule has 7 heteroatoms. The maximum atomic E-state index is 11.9. The number of nitrogens with zero attached hydrogens (tertiary/aromatic N) is 3. The molecule has 0 spiro atoms. The lowest BCUT2D eigenvalue weighted by Gasteiger charge is -2.09. The number of nitro benzene ring substituents is 1. The minimum atomic E-state index is -0.605. The van der Waals surface area contributed by atoms with Crippen molar-refractivity contribution in [1.82, 2.24) is 4.98 Å². The fourth-order valence-electron chi connectivity index (χ4n) is 2.14. The Morgan fingerprint density at radius 2 is 2.17 bits per heavy atom. The van der Waals surface area contributed by atoms with Crippen LogP contribution in [0.2, 0.25) is 0 Å². The van der Waals surface area contributed by atoms with Crippen LogP contribution in [0.4, 0.5) is 5.69 Å². The zero-order valence-corrected chi connectivity index (χ0v) is 12.6. The second-order valence-electron chi connectivity index (χ2n) is 4.66. The number of rotatable bonds is 4. The van der Waals surface area contributed by atoms with Gasteiger partial charge in [-0.05, 0) is 25.5 Å². The average Bonchev–Trinajstić information content (AvgIpc) is 2.54. The van der Waals surface area contributed by atoms with Gasteiger partial charge in [-0.15, -0.1) is 0 Å². The van der Waals surface area contributed by atoms with E-state index in [4.69, 9.17) is 4.74 Å². The van der Waals surface area contributed by atoms with Gasteiger partial charge in [0.15, 0.2) is 0 Å². The second-order valence-corrected chi connectivity index (χ2v) is 4.66. The number of carbonyl (C=O) groups excluding carboxylic acids is 1. The summed E-state index contributed by atoms with van der Waals surface area (Å²) in [6.07, 6.45) is 0. The van der Waals surface area contributed by atoms with Crippen LogP contribution in [0.25, 0.3) is 11.1 Å². The average molecular weight is 311 g/mol. The standard InChI is InChI=1S/C16H13N3O4/c1-3-23-16(20)15-8-13(14(9-17)10(2)18-15)11-5-4-6-12(7-11)19(21)22/h4-8H,3H2,1-2H3. The molecule has 0 aliphatic rings. The van der Waals surface area contributed by atoms with Crippen LogP contribution in [-0.4, -0.2) is 22.5 Å². The maximum Gasteiger partial charge on any atom is 0.356 e. The van der Waals surface area contributed by atoms with E-state index >= 15 is 0 Å². The molecule has 1 aromatic heterocycles. The van der Waals surface area contributed by atoms with E-state index in [1.54, 1.807) is 19.9 Å². The number of nitriles is 1. The summed E-state index contributed by atoms with van der Waals surface area (Å²) in [7, 11) is 0. The third-order valence-corrected chi connectivity index (χ3v) is 3.16. The third kappa shape index (κ3) is 3.32. The largest absolute Gasteiger partial charge is 0.461 e. The van der Waals surface area contributed by atoms with E-state index in [1.807, 2.05) is 6.07 Å². The molecule has 0 aliphatic heterocycles. The molecule has 1 heterocycles. The first kappa shape index (κ1) is 16.1.